The summed E-state index contributed by atoms with van der Waals surface area (Å²) in [5.41, 5.74) is 1.81. The molecule has 1 saturated heterocycles. The van der Waals surface area contributed by atoms with E-state index in [1.54, 1.807) is 25.2 Å². The smallest absolute Gasteiger partial charge is 0.231 e. The molecule has 2 aliphatic rings. The molecule has 170 valence electrons. The molecule has 2 aromatic rings. The Morgan fingerprint density at radius 2 is 1.88 bits per heavy atom. The molecule has 4 rings (SSSR count). The van der Waals surface area contributed by atoms with Gasteiger partial charge < -0.3 is 29.2 Å². The number of benzene rings is 2. The summed E-state index contributed by atoms with van der Waals surface area (Å²) in [5, 5.41) is 3.03. The molecule has 0 aromatic heterocycles. The topological polar surface area (TPSA) is 86.3 Å². The van der Waals surface area contributed by atoms with Crippen LogP contribution in [0.2, 0.25) is 0 Å². The lowest BCUT2D eigenvalue weighted by Gasteiger charge is -2.21. The molecule has 2 aromatic carbocycles. The van der Waals surface area contributed by atoms with E-state index >= 15 is 0 Å². The Morgan fingerprint density at radius 3 is 2.62 bits per heavy atom. The van der Waals surface area contributed by atoms with Crippen LogP contribution in [-0.2, 0) is 16.1 Å². The van der Waals surface area contributed by atoms with Gasteiger partial charge in [-0.2, -0.15) is 0 Å². The average Bonchev–Trinajstić information content (AvgIpc) is 3.48. The predicted molar refractivity (Wildman–Crippen MR) is 117 cm³/mol. The lowest BCUT2D eigenvalue weighted by molar-refractivity contribution is -0.130. The monoisotopic (exact) mass is 440 g/mol. The maximum atomic E-state index is 13.2. The summed E-state index contributed by atoms with van der Waals surface area (Å²) < 4.78 is 21.6. The van der Waals surface area contributed by atoms with Crippen LogP contribution in [0.1, 0.15) is 30.4 Å². The molecular weight excluding hydrogens is 412 g/mol. The molecule has 1 N–H and O–H groups in total. The van der Waals surface area contributed by atoms with Gasteiger partial charge in [-0.3, -0.25) is 9.59 Å². The molecule has 2 heterocycles. The van der Waals surface area contributed by atoms with Crippen LogP contribution in [0.25, 0.3) is 0 Å². The van der Waals surface area contributed by atoms with Gasteiger partial charge in [-0.25, -0.2) is 0 Å². The Labute approximate surface area is 187 Å². The molecule has 0 spiro atoms. The van der Waals surface area contributed by atoms with Crippen molar-refractivity contribution in [2.24, 2.45) is 5.92 Å². The van der Waals surface area contributed by atoms with Crippen molar-refractivity contribution in [1.29, 1.82) is 0 Å². The lowest BCUT2D eigenvalue weighted by Crippen LogP contribution is -2.35. The van der Waals surface area contributed by atoms with E-state index in [0.29, 0.717) is 49.1 Å². The number of nitrogens with zero attached hydrogens (tertiary/aromatic N) is 1. The van der Waals surface area contributed by atoms with Gasteiger partial charge in [-0.05, 0) is 23.8 Å². The average molecular weight is 440 g/mol. The highest BCUT2D eigenvalue weighted by molar-refractivity contribution is 5.83. The van der Waals surface area contributed by atoms with Crippen LogP contribution in [0, 0.1) is 5.92 Å². The van der Waals surface area contributed by atoms with E-state index < -0.39 is 0 Å². The summed E-state index contributed by atoms with van der Waals surface area (Å²) >= 11 is 0. The van der Waals surface area contributed by atoms with E-state index in [1.165, 1.54) is 0 Å². The van der Waals surface area contributed by atoms with Gasteiger partial charge in [0.05, 0.1) is 20.1 Å². The first-order valence-corrected chi connectivity index (χ1v) is 10.7. The molecule has 0 unspecified atom stereocenters. The molecule has 2 aliphatic heterocycles. The number of fused-ring (bicyclic) bond motifs is 1. The third-order valence-corrected chi connectivity index (χ3v) is 6.06. The van der Waals surface area contributed by atoms with Crippen molar-refractivity contribution in [2.75, 3.05) is 34.1 Å². The van der Waals surface area contributed by atoms with Gasteiger partial charge in [0.15, 0.2) is 11.5 Å². The fraction of sp³-hybridized carbons (Fsp3) is 0.417. The number of amides is 2. The second-order valence-corrected chi connectivity index (χ2v) is 7.88. The van der Waals surface area contributed by atoms with Crippen molar-refractivity contribution in [2.45, 2.75) is 25.8 Å². The van der Waals surface area contributed by atoms with E-state index in [2.05, 4.69) is 5.32 Å². The number of rotatable bonds is 7. The van der Waals surface area contributed by atoms with Gasteiger partial charge in [0.1, 0.15) is 11.5 Å². The number of hydrogen-bond acceptors (Lipinski definition) is 6. The molecule has 8 nitrogen and oxygen atoms in total. The van der Waals surface area contributed by atoms with E-state index in [-0.39, 0.29) is 30.4 Å². The van der Waals surface area contributed by atoms with E-state index in [4.69, 9.17) is 18.9 Å². The standard InChI is InChI=1S/C24H28N2O6/c1-4-23(27)26-12-18(17-7-6-16(29-2)10-21(17)30-3)19(13-26)24(28)25-11-15-5-8-20-22(9-15)32-14-31-20/h5-10,18-19H,4,11-14H2,1-3H3,(H,25,28)/t18-,19-/m0/s1. The molecule has 0 saturated carbocycles. The summed E-state index contributed by atoms with van der Waals surface area (Å²) in [6.07, 6.45) is 0.401. The van der Waals surface area contributed by atoms with Gasteiger partial charge in [-0.15, -0.1) is 0 Å². The van der Waals surface area contributed by atoms with Crippen LogP contribution in [0.15, 0.2) is 36.4 Å². The van der Waals surface area contributed by atoms with E-state index in [9.17, 15) is 9.59 Å². The summed E-state index contributed by atoms with van der Waals surface area (Å²) in [6.45, 7) is 3.25. The van der Waals surface area contributed by atoms with E-state index in [1.807, 2.05) is 37.3 Å². The normalized spacial score (nSPS) is 19.0. The Hall–Kier alpha value is -3.42. The van der Waals surface area contributed by atoms with Crippen molar-refractivity contribution >= 4 is 11.8 Å². The van der Waals surface area contributed by atoms with Crippen LogP contribution >= 0.6 is 0 Å². The minimum absolute atomic E-state index is 0.0357. The third-order valence-electron chi connectivity index (χ3n) is 6.06. The highest BCUT2D eigenvalue weighted by atomic mass is 16.7. The van der Waals surface area contributed by atoms with Crippen LogP contribution < -0.4 is 24.3 Å². The zero-order valence-electron chi connectivity index (χ0n) is 18.6. The number of ether oxygens (including phenoxy) is 4. The minimum atomic E-state index is -0.387. The first kappa shape index (κ1) is 21.8. The van der Waals surface area contributed by atoms with Crippen molar-refractivity contribution in [3.05, 3.63) is 47.5 Å². The van der Waals surface area contributed by atoms with Crippen molar-refractivity contribution in [3.63, 3.8) is 0 Å². The first-order chi connectivity index (χ1) is 15.5. The Kier molecular flexibility index (Phi) is 6.39. The number of hydrogen-bond donors (Lipinski definition) is 1. The second-order valence-electron chi connectivity index (χ2n) is 7.88. The Balaban J connectivity index is 1.53. The molecule has 0 aliphatic carbocycles. The van der Waals surface area contributed by atoms with E-state index in [0.717, 1.165) is 11.1 Å². The Bertz CT molecular complexity index is 1010. The fourth-order valence-corrected chi connectivity index (χ4v) is 4.31. The Morgan fingerprint density at radius 1 is 1.06 bits per heavy atom. The third kappa shape index (κ3) is 4.30. The summed E-state index contributed by atoms with van der Waals surface area (Å²) in [6, 6.07) is 11.2. The van der Waals surface area contributed by atoms with Crippen molar-refractivity contribution < 1.29 is 28.5 Å². The van der Waals surface area contributed by atoms with Crippen molar-refractivity contribution in [1.82, 2.24) is 10.2 Å². The van der Waals surface area contributed by atoms with Crippen LogP contribution in [0.4, 0.5) is 0 Å². The van der Waals surface area contributed by atoms with Crippen LogP contribution in [-0.4, -0.2) is 50.8 Å². The number of carbonyl (C=O) groups is 2. The highest BCUT2D eigenvalue weighted by Crippen LogP contribution is 2.39. The van der Waals surface area contributed by atoms with Gasteiger partial charge in [0, 0.05) is 43.6 Å². The second kappa shape index (κ2) is 9.38. The highest BCUT2D eigenvalue weighted by Gasteiger charge is 2.41. The maximum absolute atomic E-state index is 13.2. The van der Waals surface area contributed by atoms with Gasteiger partial charge in [0.25, 0.3) is 0 Å². The molecular formula is C24H28N2O6. The molecule has 1 fully saturated rings. The zero-order valence-corrected chi connectivity index (χ0v) is 18.6. The predicted octanol–water partition coefficient (Wildman–Crippen LogP) is 2.70. The van der Waals surface area contributed by atoms with Crippen molar-refractivity contribution in [3.8, 4) is 23.0 Å². The molecule has 0 bridgehead atoms. The van der Waals surface area contributed by atoms with Gasteiger partial charge in [0.2, 0.25) is 18.6 Å². The first-order valence-electron chi connectivity index (χ1n) is 10.7. The number of methoxy groups -OCH3 is 2. The number of carbonyl (C=O) groups excluding carboxylic acids is 2. The fourth-order valence-electron chi connectivity index (χ4n) is 4.31. The zero-order chi connectivity index (χ0) is 22.7. The molecule has 8 heteroatoms. The molecule has 32 heavy (non-hydrogen) atoms. The maximum Gasteiger partial charge on any atom is 0.231 e. The molecule has 2 amide bonds. The molecule has 2 atom stereocenters. The minimum Gasteiger partial charge on any atom is -0.497 e. The lowest BCUT2D eigenvalue weighted by atomic mass is 9.87. The van der Waals surface area contributed by atoms with Gasteiger partial charge in [-0.1, -0.05) is 19.1 Å². The van der Waals surface area contributed by atoms with Crippen LogP contribution in [0.3, 0.4) is 0 Å². The summed E-state index contributed by atoms with van der Waals surface area (Å²) in [7, 11) is 3.19. The summed E-state index contributed by atoms with van der Waals surface area (Å²) in [4.78, 5) is 27.4. The van der Waals surface area contributed by atoms with Crippen LogP contribution in [0.5, 0.6) is 23.0 Å². The largest absolute Gasteiger partial charge is 0.497 e. The molecule has 0 radical (unpaired) electrons. The quantitative estimate of drug-likeness (QED) is 0.713. The number of likely N-dealkylation sites (tertiary alicyclic amines) is 1. The SMILES string of the molecule is CCC(=O)N1C[C@H](C(=O)NCc2ccc3c(c2)OCO3)[C@H](c2ccc(OC)cc2OC)C1. The summed E-state index contributed by atoms with van der Waals surface area (Å²) in [5.74, 6) is 2.08. The van der Waals surface area contributed by atoms with Gasteiger partial charge >= 0.3 is 0 Å². The number of nitrogens with one attached hydrogen (secondary N) is 1.